The molecule has 29 heavy (non-hydrogen) atoms. The van der Waals surface area contributed by atoms with Crippen LogP contribution in [-0.4, -0.2) is 28.6 Å². The summed E-state index contributed by atoms with van der Waals surface area (Å²) in [4.78, 5) is 26.8. The van der Waals surface area contributed by atoms with Gasteiger partial charge in [0.05, 0.1) is 0 Å². The molecule has 2 aromatic carbocycles. The zero-order chi connectivity index (χ0) is 20.5. The molecule has 1 fully saturated rings. The molecule has 1 N–H and O–H groups in total. The number of benzene rings is 2. The van der Waals surface area contributed by atoms with Crippen molar-refractivity contribution in [3.63, 3.8) is 0 Å². The van der Waals surface area contributed by atoms with Crippen LogP contribution in [0.4, 0.5) is 10.8 Å². The van der Waals surface area contributed by atoms with Gasteiger partial charge in [-0.3, -0.25) is 14.9 Å². The zero-order valence-electron chi connectivity index (χ0n) is 16.6. The third-order valence-electron chi connectivity index (χ3n) is 5.22. The molecule has 1 aliphatic heterocycles. The molecule has 0 aliphatic carbocycles. The van der Waals surface area contributed by atoms with Crippen molar-refractivity contribution >= 4 is 34.0 Å². The Morgan fingerprint density at radius 1 is 1.10 bits per heavy atom. The van der Waals surface area contributed by atoms with Crippen molar-refractivity contribution in [2.45, 2.75) is 33.1 Å². The third kappa shape index (κ3) is 4.05. The Kier molecular flexibility index (Phi) is 5.15. The first-order valence-corrected chi connectivity index (χ1v) is 10.3. The average molecular weight is 407 g/mol. The normalized spacial score (nSPS) is 16.3. The van der Waals surface area contributed by atoms with Crippen LogP contribution in [0.1, 0.15) is 44.4 Å². The van der Waals surface area contributed by atoms with Crippen LogP contribution < -0.4 is 10.2 Å². The minimum atomic E-state index is -0.209. The number of aryl methyl sites for hydroxylation is 3. The van der Waals surface area contributed by atoms with Crippen molar-refractivity contribution < 1.29 is 9.59 Å². The van der Waals surface area contributed by atoms with Crippen LogP contribution in [0.25, 0.3) is 0 Å². The number of anilines is 2. The molecular weight excluding hydrogens is 384 g/mol. The van der Waals surface area contributed by atoms with Crippen LogP contribution in [0, 0.1) is 20.8 Å². The van der Waals surface area contributed by atoms with Gasteiger partial charge in [0, 0.05) is 30.1 Å². The van der Waals surface area contributed by atoms with Crippen molar-refractivity contribution in [1.29, 1.82) is 0 Å². The van der Waals surface area contributed by atoms with E-state index in [2.05, 4.69) is 15.5 Å². The Labute approximate surface area is 173 Å². The Morgan fingerprint density at radius 3 is 2.69 bits per heavy atom. The highest BCUT2D eigenvalue weighted by molar-refractivity contribution is 7.15. The molecule has 0 spiro atoms. The summed E-state index contributed by atoms with van der Waals surface area (Å²) in [6.07, 6.45) is 0.397. The van der Waals surface area contributed by atoms with Crippen molar-refractivity contribution in [1.82, 2.24) is 10.2 Å². The lowest BCUT2D eigenvalue weighted by Gasteiger charge is -2.16. The lowest BCUT2D eigenvalue weighted by atomic mass is 10.1. The predicted octanol–water partition coefficient (Wildman–Crippen LogP) is 4.24. The number of carbonyl (C=O) groups is 2. The Hall–Kier alpha value is -3.06. The molecule has 6 nitrogen and oxygen atoms in total. The maximum atomic E-state index is 12.5. The van der Waals surface area contributed by atoms with E-state index in [9.17, 15) is 9.59 Å². The molecule has 1 unspecified atom stereocenters. The van der Waals surface area contributed by atoms with E-state index in [1.807, 2.05) is 57.2 Å². The molecule has 0 saturated carbocycles. The third-order valence-corrected chi connectivity index (χ3v) is 6.22. The number of carbonyl (C=O) groups excluding carboxylic acids is 2. The van der Waals surface area contributed by atoms with E-state index in [1.54, 1.807) is 11.0 Å². The summed E-state index contributed by atoms with van der Waals surface area (Å²) in [7, 11) is 0. The SMILES string of the molecule is Cc1cccc(N2CC(c3nnc(NC(=O)c4ccc(C)c(C)c4)s3)CC2=O)c1. The molecule has 2 amide bonds. The van der Waals surface area contributed by atoms with Gasteiger partial charge in [-0.25, -0.2) is 0 Å². The largest absolute Gasteiger partial charge is 0.312 e. The van der Waals surface area contributed by atoms with Gasteiger partial charge in [-0.05, 0) is 61.7 Å². The minimum absolute atomic E-state index is 0.0206. The number of amides is 2. The summed E-state index contributed by atoms with van der Waals surface area (Å²) >= 11 is 1.33. The van der Waals surface area contributed by atoms with Crippen LogP contribution in [0.2, 0.25) is 0 Å². The maximum absolute atomic E-state index is 12.5. The summed E-state index contributed by atoms with van der Waals surface area (Å²) in [6.45, 7) is 6.57. The van der Waals surface area contributed by atoms with E-state index in [-0.39, 0.29) is 17.7 Å². The van der Waals surface area contributed by atoms with E-state index in [0.29, 0.717) is 23.7 Å². The summed E-state index contributed by atoms with van der Waals surface area (Å²) in [5, 5.41) is 12.4. The fourth-order valence-corrected chi connectivity index (χ4v) is 4.25. The summed E-state index contributed by atoms with van der Waals surface area (Å²) in [6, 6.07) is 13.5. The zero-order valence-corrected chi connectivity index (χ0v) is 17.4. The number of hydrogen-bond acceptors (Lipinski definition) is 5. The van der Waals surface area contributed by atoms with E-state index >= 15 is 0 Å². The number of hydrogen-bond donors (Lipinski definition) is 1. The van der Waals surface area contributed by atoms with Gasteiger partial charge in [-0.1, -0.05) is 29.5 Å². The summed E-state index contributed by atoms with van der Waals surface area (Å²) in [5.41, 5.74) is 4.82. The van der Waals surface area contributed by atoms with Crippen molar-refractivity contribution in [3.05, 3.63) is 69.7 Å². The molecule has 7 heteroatoms. The highest BCUT2D eigenvalue weighted by Gasteiger charge is 2.34. The van der Waals surface area contributed by atoms with Gasteiger partial charge in [-0.15, -0.1) is 10.2 Å². The predicted molar refractivity (Wildman–Crippen MR) is 115 cm³/mol. The fraction of sp³-hybridized carbons (Fsp3) is 0.273. The van der Waals surface area contributed by atoms with Gasteiger partial charge in [0.1, 0.15) is 5.01 Å². The molecule has 1 aliphatic rings. The van der Waals surface area contributed by atoms with E-state index < -0.39 is 0 Å². The fourth-order valence-electron chi connectivity index (χ4n) is 3.42. The van der Waals surface area contributed by atoms with Crippen LogP contribution in [0.15, 0.2) is 42.5 Å². The Balaban J connectivity index is 1.46. The van der Waals surface area contributed by atoms with Crippen LogP contribution in [-0.2, 0) is 4.79 Å². The molecule has 4 rings (SSSR count). The first-order chi connectivity index (χ1) is 13.9. The smallest absolute Gasteiger partial charge is 0.257 e. The van der Waals surface area contributed by atoms with Crippen molar-refractivity contribution in [2.75, 3.05) is 16.8 Å². The van der Waals surface area contributed by atoms with Gasteiger partial charge in [-0.2, -0.15) is 0 Å². The van der Waals surface area contributed by atoms with E-state index in [1.165, 1.54) is 11.3 Å². The topological polar surface area (TPSA) is 75.2 Å². The summed E-state index contributed by atoms with van der Waals surface area (Å²) in [5.74, 6) is -0.149. The van der Waals surface area contributed by atoms with Crippen LogP contribution >= 0.6 is 11.3 Å². The minimum Gasteiger partial charge on any atom is -0.312 e. The van der Waals surface area contributed by atoms with Crippen LogP contribution in [0.3, 0.4) is 0 Å². The summed E-state index contributed by atoms with van der Waals surface area (Å²) < 4.78 is 0. The number of rotatable bonds is 4. The monoisotopic (exact) mass is 406 g/mol. The standard InChI is InChI=1S/C22H22N4O2S/c1-13-5-4-6-18(9-13)26-12-17(11-19(26)27)21-24-25-22(29-21)23-20(28)16-8-7-14(2)15(3)10-16/h4-10,17H,11-12H2,1-3H3,(H,23,25,28). The molecule has 0 bridgehead atoms. The lowest BCUT2D eigenvalue weighted by molar-refractivity contribution is -0.117. The molecule has 2 heterocycles. The van der Waals surface area contributed by atoms with Gasteiger partial charge in [0.25, 0.3) is 5.91 Å². The van der Waals surface area contributed by atoms with Crippen molar-refractivity contribution in [2.24, 2.45) is 0 Å². The highest BCUT2D eigenvalue weighted by Crippen LogP contribution is 2.34. The quantitative estimate of drug-likeness (QED) is 0.703. The molecule has 1 saturated heterocycles. The van der Waals surface area contributed by atoms with Crippen molar-refractivity contribution in [3.8, 4) is 0 Å². The molecule has 0 radical (unpaired) electrons. The molecule has 1 atom stereocenters. The Bertz CT molecular complexity index is 1090. The first kappa shape index (κ1) is 19.3. The first-order valence-electron chi connectivity index (χ1n) is 9.50. The van der Waals surface area contributed by atoms with E-state index in [0.717, 1.165) is 27.4 Å². The second-order valence-corrected chi connectivity index (χ2v) is 8.45. The van der Waals surface area contributed by atoms with Gasteiger partial charge < -0.3 is 4.90 Å². The average Bonchev–Trinajstić information content (AvgIpc) is 3.30. The number of nitrogens with one attached hydrogen (secondary N) is 1. The molecule has 1 aromatic heterocycles. The molecule has 3 aromatic rings. The van der Waals surface area contributed by atoms with Crippen LogP contribution in [0.5, 0.6) is 0 Å². The lowest BCUT2D eigenvalue weighted by Crippen LogP contribution is -2.24. The maximum Gasteiger partial charge on any atom is 0.257 e. The van der Waals surface area contributed by atoms with Gasteiger partial charge in [0.2, 0.25) is 11.0 Å². The number of nitrogens with zero attached hydrogens (tertiary/aromatic N) is 3. The molecule has 148 valence electrons. The van der Waals surface area contributed by atoms with Gasteiger partial charge >= 0.3 is 0 Å². The van der Waals surface area contributed by atoms with Gasteiger partial charge in [0.15, 0.2) is 0 Å². The molecular formula is C22H22N4O2S. The van der Waals surface area contributed by atoms with E-state index in [4.69, 9.17) is 0 Å². The second kappa shape index (κ2) is 7.75. The Morgan fingerprint density at radius 2 is 1.93 bits per heavy atom. The number of aromatic nitrogens is 2. The second-order valence-electron chi connectivity index (χ2n) is 7.44. The highest BCUT2D eigenvalue weighted by atomic mass is 32.1.